The van der Waals surface area contributed by atoms with Crippen molar-refractivity contribution in [1.82, 2.24) is 0 Å². The fourth-order valence-corrected chi connectivity index (χ4v) is 5.58. The molecule has 1 aromatic rings. The Morgan fingerprint density at radius 1 is 1.35 bits per heavy atom. The van der Waals surface area contributed by atoms with Gasteiger partial charge in [0.05, 0.1) is 29.9 Å². The molecule has 5 aliphatic rings. The Morgan fingerprint density at radius 2 is 2.26 bits per heavy atom. The number of nitrogens with zero attached hydrogens (tertiary/aromatic N) is 1. The van der Waals surface area contributed by atoms with Gasteiger partial charge in [0, 0.05) is 18.1 Å². The molecule has 5 heteroatoms. The van der Waals surface area contributed by atoms with Gasteiger partial charge >= 0.3 is 0 Å². The molecule has 3 saturated heterocycles. The van der Waals surface area contributed by atoms with Crippen LogP contribution >= 0.6 is 0 Å². The standard InChI is InChI=1S/C18H17NO4/c20-13-3-1-2-10-14(13)19-16(11-5-7-22-15(10)11)18-6-4-9(23-18)8-12(18)17(19)21/h1-4,6,9,11-12,15-16,20H,5,7-8H2. The van der Waals surface area contributed by atoms with Crippen LogP contribution in [0.5, 0.6) is 5.75 Å². The van der Waals surface area contributed by atoms with Crippen molar-refractivity contribution < 1.29 is 19.4 Å². The number of aromatic hydroxyl groups is 1. The van der Waals surface area contributed by atoms with Gasteiger partial charge in [-0.15, -0.1) is 0 Å². The number of fused-ring (bicyclic) bond motifs is 7. The highest BCUT2D eigenvalue weighted by molar-refractivity contribution is 6.03. The number of anilines is 1. The van der Waals surface area contributed by atoms with Gasteiger partial charge in [-0.25, -0.2) is 0 Å². The fraction of sp³-hybridized carbons (Fsp3) is 0.500. The van der Waals surface area contributed by atoms with E-state index in [9.17, 15) is 9.90 Å². The molecule has 1 spiro atoms. The largest absolute Gasteiger partial charge is 0.506 e. The second kappa shape index (κ2) is 3.79. The molecule has 118 valence electrons. The highest BCUT2D eigenvalue weighted by atomic mass is 16.5. The molecule has 0 radical (unpaired) electrons. The molecule has 5 heterocycles. The topological polar surface area (TPSA) is 59.0 Å². The molecule has 0 saturated carbocycles. The molecule has 0 aromatic heterocycles. The molecule has 1 amide bonds. The first-order valence-electron chi connectivity index (χ1n) is 8.34. The van der Waals surface area contributed by atoms with Crippen LogP contribution in [0.25, 0.3) is 0 Å². The molecule has 0 aliphatic carbocycles. The van der Waals surface area contributed by atoms with E-state index in [0.717, 1.165) is 18.4 Å². The quantitative estimate of drug-likeness (QED) is 0.744. The number of benzene rings is 1. The Labute approximate surface area is 133 Å². The highest BCUT2D eigenvalue weighted by Crippen LogP contribution is 2.62. The minimum atomic E-state index is -0.529. The molecule has 6 rings (SSSR count). The van der Waals surface area contributed by atoms with Crippen molar-refractivity contribution in [3.05, 3.63) is 35.9 Å². The SMILES string of the molecule is O=C1C2CC3C=CC2(O3)C2C3CCOC3c3cccc(O)c3N12. The summed E-state index contributed by atoms with van der Waals surface area (Å²) < 4.78 is 12.3. The minimum Gasteiger partial charge on any atom is -0.506 e. The maximum atomic E-state index is 13.2. The van der Waals surface area contributed by atoms with E-state index in [1.165, 1.54) is 0 Å². The summed E-state index contributed by atoms with van der Waals surface area (Å²) >= 11 is 0. The van der Waals surface area contributed by atoms with E-state index in [0.29, 0.717) is 12.3 Å². The van der Waals surface area contributed by atoms with Gasteiger partial charge in [0.2, 0.25) is 5.91 Å². The second-order valence-corrected chi connectivity index (χ2v) is 7.27. The van der Waals surface area contributed by atoms with Crippen molar-refractivity contribution >= 4 is 11.6 Å². The lowest BCUT2D eigenvalue weighted by Gasteiger charge is -2.44. The smallest absolute Gasteiger partial charge is 0.234 e. The molecule has 1 N–H and O–H groups in total. The average Bonchev–Trinajstić information content (AvgIpc) is 3.29. The number of para-hydroxylation sites is 1. The Balaban J connectivity index is 1.63. The number of carbonyl (C=O) groups is 1. The van der Waals surface area contributed by atoms with E-state index in [2.05, 4.69) is 12.2 Å². The molecular weight excluding hydrogens is 294 g/mol. The summed E-state index contributed by atoms with van der Waals surface area (Å²) in [6, 6.07) is 5.38. The number of carbonyl (C=O) groups excluding carboxylic acids is 1. The Morgan fingerprint density at radius 3 is 3.13 bits per heavy atom. The summed E-state index contributed by atoms with van der Waals surface area (Å²) in [5.41, 5.74) is 1.04. The zero-order chi connectivity index (χ0) is 15.3. The molecule has 6 unspecified atom stereocenters. The van der Waals surface area contributed by atoms with Crippen LogP contribution in [0.4, 0.5) is 5.69 Å². The zero-order valence-corrected chi connectivity index (χ0v) is 12.5. The Bertz CT molecular complexity index is 774. The van der Waals surface area contributed by atoms with E-state index < -0.39 is 5.60 Å². The first-order chi connectivity index (χ1) is 11.2. The summed E-state index contributed by atoms with van der Waals surface area (Å²) in [6.45, 7) is 0.691. The first-order valence-corrected chi connectivity index (χ1v) is 8.34. The fourth-order valence-electron chi connectivity index (χ4n) is 5.58. The number of amides is 1. The first kappa shape index (κ1) is 12.6. The molecule has 5 aliphatic heterocycles. The van der Waals surface area contributed by atoms with Crippen LogP contribution in [0.3, 0.4) is 0 Å². The van der Waals surface area contributed by atoms with Gasteiger partial charge in [0.1, 0.15) is 11.4 Å². The number of hydrogen-bond donors (Lipinski definition) is 1. The third-order valence-corrected chi connectivity index (χ3v) is 6.35. The Hall–Kier alpha value is -1.85. The lowest BCUT2D eigenvalue weighted by molar-refractivity contribution is -0.121. The molecule has 23 heavy (non-hydrogen) atoms. The number of phenols is 1. The molecule has 2 bridgehead atoms. The summed E-state index contributed by atoms with van der Waals surface area (Å²) in [4.78, 5) is 15.0. The van der Waals surface area contributed by atoms with E-state index >= 15 is 0 Å². The lowest BCUT2D eigenvalue weighted by atomic mass is 9.73. The molecule has 3 fully saturated rings. The van der Waals surface area contributed by atoms with Crippen LogP contribution in [-0.4, -0.2) is 35.4 Å². The van der Waals surface area contributed by atoms with E-state index in [4.69, 9.17) is 9.47 Å². The van der Waals surface area contributed by atoms with Crippen LogP contribution in [0.1, 0.15) is 24.5 Å². The van der Waals surface area contributed by atoms with Crippen molar-refractivity contribution in [2.45, 2.75) is 36.7 Å². The zero-order valence-electron chi connectivity index (χ0n) is 12.5. The molecule has 5 nitrogen and oxygen atoms in total. The van der Waals surface area contributed by atoms with Gasteiger partial charge in [0.25, 0.3) is 0 Å². The second-order valence-electron chi connectivity index (χ2n) is 7.27. The van der Waals surface area contributed by atoms with Gasteiger partial charge < -0.3 is 19.5 Å². The predicted octanol–water partition coefficient (Wildman–Crippen LogP) is 1.91. The molecule has 1 aromatic carbocycles. The van der Waals surface area contributed by atoms with Gasteiger partial charge in [0.15, 0.2) is 0 Å². The van der Waals surface area contributed by atoms with Crippen LogP contribution in [0, 0.1) is 11.8 Å². The Kier molecular flexibility index (Phi) is 2.07. The van der Waals surface area contributed by atoms with E-state index in [1.54, 1.807) is 6.07 Å². The molecular formula is C18H17NO4. The summed E-state index contributed by atoms with van der Waals surface area (Å²) in [5, 5.41) is 10.5. The maximum Gasteiger partial charge on any atom is 0.234 e. The van der Waals surface area contributed by atoms with Crippen molar-refractivity contribution in [3.63, 3.8) is 0 Å². The van der Waals surface area contributed by atoms with Crippen molar-refractivity contribution in [3.8, 4) is 5.75 Å². The third-order valence-electron chi connectivity index (χ3n) is 6.35. The monoisotopic (exact) mass is 311 g/mol. The van der Waals surface area contributed by atoms with Crippen molar-refractivity contribution in [2.75, 3.05) is 11.5 Å². The van der Waals surface area contributed by atoms with Crippen LogP contribution in [0.15, 0.2) is 30.4 Å². The van der Waals surface area contributed by atoms with Crippen LogP contribution in [-0.2, 0) is 14.3 Å². The molecule has 6 atom stereocenters. The van der Waals surface area contributed by atoms with Gasteiger partial charge in [-0.05, 0) is 18.9 Å². The summed E-state index contributed by atoms with van der Waals surface area (Å²) in [5.74, 6) is 0.341. The minimum absolute atomic E-state index is 0.0593. The third kappa shape index (κ3) is 1.24. The van der Waals surface area contributed by atoms with Crippen molar-refractivity contribution in [1.29, 1.82) is 0 Å². The number of rotatable bonds is 0. The number of phenolic OH excluding ortho intramolecular Hbond substituents is 1. The van der Waals surface area contributed by atoms with Crippen molar-refractivity contribution in [2.24, 2.45) is 11.8 Å². The predicted molar refractivity (Wildman–Crippen MR) is 81.0 cm³/mol. The summed E-state index contributed by atoms with van der Waals surface area (Å²) in [7, 11) is 0. The highest BCUT2D eigenvalue weighted by Gasteiger charge is 2.70. The van der Waals surface area contributed by atoms with Crippen LogP contribution in [0.2, 0.25) is 0 Å². The average molecular weight is 311 g/mol. The van der Waals surface area contributed by atoms with Crippen LogP contribution < -0.4 is 4.90 Å². The van der Waals surface area contributed by atoms with Gasteiger partial charge in [-0.1, -0.05) is 24.3 Å². The van der Waals surface area contributed by atoms with Gasteiger partial charge in [-0.3, -0.25) is 4.79 Å². The summed E-state index contributed by atoms with van der Waals surface area (Å²) in [6.07, 6.45) is 5.88. The number of ether oxygens (including phenoxy) is 2. The maximum absolute atomic E-state index is 13.2. The van der Waals surface area contributed by atoms with Gasteiger partial charge in [-0.2, -0.15) is 0 Å². The van der Waals surface area contributed by atoms with E-state index in [-0.39, 0.29) is 41.7 Å². The number of hydrogen-bond acceptors (Lipinski definition) is 4. The lowest BCUT2D eigenvalue weighted by Crippen LogP contribution is -2.53. The van der Waals surface area contributed by atoms with E-state index in [1.807, 2.05) is 17.0 Å². The normalized spacial score (nSPS) is 45.1.